The molecule has 1 aromatic carbocycles. The van der Waals surface area contributed by atoms with Gasteiger partial charge in [0.25, 0.3) is 0 Å². The van der Waals surface area contributed by atoms with Crippen molar-refractivity contribution in [3.63, 3.8) is 0 Å². The second-order valence-corrected chi connectivity index (χ2v) is 6.02. The molecule has 1 aliphatic carbocycles. The van der Waals surface area contributed by atoms with Crippen molar-refractivity contribution in [2.45, 2.75) is 52.0 Å². The van der Waals surface area contributed by atoms with E-state index in [1.165, 1.54) is 36.8 Å². The Labute approximate surface area is 123 Å². The van der Waals surface area contributed by atoms with Gasteiger partial charge in [0.05, 0.1) is 12.6 Å². The largest absolute Gasteiger partial charge is 0.379 e. The third-order valence-corrected chi connectivity index (χ3v) is 4.38. The zero-order valence-corrected chi connectivity index (χ0v) is 13.0. The van der Waals surface area contributed by atoms with Crippen molar-refractivity contribution < 1.29 is 4.74 Å². The summed E-state index contributed by atoms with van der Waals surface area (Å²) in [7, 11) is 0. The van der Waals surface area contributed by atoms with Crippen LogP contribution in [0.4, 0.5) is 0 Å². The molecular formula is C18H29NO. The predicted molar refractivity (Wildman–Crippen MR) is 85.0 cm³/mol. The van der Waals surface area contributed by atoms with Crippen molar-refractivity contribution in [1.82, 2.24) is 5.32 Å². The van der Waals surface area contributed by atoms with Crippen LogP contribution < -0.4 is 5.32 Å². The first-order valence-electron chi connectivity index (χ1n) is 8.18. The van der Waals surface area contributed by atoms with Crippen LogP contribution in [-0.4, -0.2) is 19.8 Å². The molecule has 1 unspecified atom stereocenters. The SMILES string of the molecule is CCCNC(COCCC1CCC1)c1ccccc1C. The van der Waals surface area contributed by atoms with Gasteiger partial charge < -0.3 is 10.1 Å². The van der Waals surface area contributed by atoms with Gasteiger partial charge in [0.2, 0.25) is 0 Å². The van der Waals surface area contributed by atoms with Gasteiger partial charge in [-0.25, -0.2) is 0 Å². The Bertz CT molecular complexity index is 387. The molecule has 1 aromatic rings. The van der Waals surface area contributed by atoms with E-state index >= 15 is 0 Å². The van der Waals surface area contributed by atoms with Gasteiger partial charge in [0, 0.05) is 6.61 Å². The van der Waals surface area contributed by atoms with Crippen molar-refractivity contribution in [2.24, 2.45) is 5.92 Å². The van der Waals surface area contributed by atoms with Gasteiger partial charge in [-0.3, -0.25) is 0 Å². The summed E-state index contributed by atoms with van der Waals surface area (Å²) in [6.07, 6.45) is 6.66. The Balaban J connectivity index is 1.81. The average molecular weight is 275 g/mol. The fraction of sp³-hybridized carbons (Fsp3) is 0.667. The summed E-state index contributed by atoms with van der Waals surface area (Å²) in [6, 6.07) is 8.96. The average Bonchev–Trinajstić information content (AvgIpc) is 2.41. The number of hydrogen-bond acceptors (Lipinski definition) is 2. The van der Waals surface area contributed by atoms with Gasteiger partial charge in [0.1, 0.15) is 0 Å². The number of benzene rings is 1. The van der Waals surface area contributed by atoms with E-state index in [9.17, 15) is 0 Å². The Morgan fingerprint density at radius 2 is 2.10 bits per heavy atom. The van der Waals surface area contributed by atoms with Crippen molar-refractivity contribution in [2.75, 3.05) is 19.8 Å². The molecule has 2 nitrogen and oxygen atoms in total. The van der Waals surface area contributed by atoms with E-state index in [1.54, 1.807) is 0 Å². The molecule has 2 rings (SSSR count). The van der Waals surface area contributed by atoms with Gasteiger partial charge in [-0.15, -0.1) is 0 Å². The summed E-state index contributed by atoms with van der Waals surface area (Å²) in [5, 5.41) is 3.62. The Hall–Kier alpha value is -0.860. The molecule has 112 valence electrons. The van der Waals surface area contributed by atoms with Crippen LogP contribution >= 0.6 is 0 Å². The molecule has 1 atom stereocenters. The monoisotopic (exact) mass is 275 g/mol. The molecule has 0 spiro atoms. The van der Waals surface area contributed by atoms with Crippen LogP contribution in [0.3, 0.4) is 0 Å². The minimum atomic E-state index is 0.331. The molecule has 2 heteroatoms. The molecular weight excluding hydrogens is 246 g/mol. The Morgan fingerprint density at radius 3 is 2.75 bits per heavy atom. The van der Waals surface area contributed by atoms with Crippen LogP contribution in [0.1, 0.15) is 56.2 Å². The maximum atomic E-state index is 5.95. The summed E-state index contributed by atoms with van der Waals surface area (Å²) >= 11 is 0. The zero-order chi connectivity index (χ0) is 14.2. The molecule has 0 saturated heterocycles. The first kappa shape index (κ1) is 15.5. The number of rotatable bonds is 9. The highest BCUT2D eigenvalue weighted by atomic mass is 16.5. The molecule has 20 heavy (non-hydrogen) atoms. The number of aryl methyl sites for hydroxylation is 1. The first-order valence-corrected chi connectivity index (χ1v) is 8.18. The standard InChI is InChI=1S/C18H29NO/c1-3-12-19-18(17-10-5-4-7-15(17)2)14-20-13-11-16-8-6-9-16/h4-5,7,10,16,18-19H,3,6,8-9,11-14H2,1-2H3. The van der Waals surface area contributed by atoms with E-state index in [1.807, 2.05) is 0 Å². The summed E-state index contributed by atoms with van der Waals surface area (Å²) < 4.78 is 5.95. The molecule has 1 saturated carbocycles. The molecule has 0 amide bonds. The quantitative estimate of drug-likeness (QED) is 0.681. The van der Waals surface area contributed by atoms with Crippen LogP contribution in [0, 0.1) is 12.8 Å². The highest BCUT2D eigenvalue weighted by Gasteiger charge is 2.17. The topological polar surface area (TPSA) is 21.3 Å². The molecule has 1 fully saturated rings. The molecule has 0 aromatic heterocycles. The molecule has 1 aliphatic rings. The van der Waals surface area contributed by atoms with Gasteiger partial charge in [-0.1, -0.05) is 50.5 Å². The minimum absolute atomic E-state index is 0.331. The van der Waals surface area contributed by atoms with Gasteiger partial charge in [-0.2, -0.15) is 0 Å². The summed E-state index contributed by atoms with van der Waals surface area (Å²) in [4.78, 5) is 0. The third kappa shape index (κ3) is 4.60. The lowest BCUT2D eigenvalue weighted by Gasteiger charge is -2.26. The van der Waals surface area contributed by atoms with Crippen molar-refractivity contribution in [3.8, 4) is 0 Å². The fourth-order valence-electron chi connectivity index (χ4n) is 2.79. The summed E-state index contributed by atoms with van der Waals surface area (Å²) in [5.41, 5.74) is 2.73. The lowest BCUT2D eigenvalue weighted by atomic mass is 9.83. The van der Waals surface area contributed by atoms with Gasteiger partial charge in [-0.05, 0) is 43.4 Å². The first-order chi connectivity index (χ1) is 9.81. The fourth-order valence-corrected chi connectivity index (χ4v) is 2.79. The normalized spacial score (nSPS) is 16.9. The van der Waals surface area contributed by atoms with Crippen LogP contribution in [0.2, 0.25) is 0 Å². The predicted octanol–water partition coefficient (Wildman–Crippen LogP) is 4.24. The Kier molecular flexibility index (Phi) is 6.55. The molecule has 1 N–H and O–H groups in total. The maximum Gasteiger partial charge on any atom is 0.0661 e. The molecule has 0 radical (unpaired) electrons. The number of hydrogen-bond donors (Lipinski definition) is 1. The maximum absolute atomic E-state index is 5.95. The Morgan fingerprint density at radius 1 is 1.30 bits per heavy atom. The van der Waals surface area contributed by atoms with Crippen molar-refractivity contribution in [1.29, 1.82) is 0 Å². The lowest BCUT2D eigenvalue weighted by Crippen LogP contribution is -2.27. The highest BCUT2D eigenvalue weighted by molar-refractivity contribution is 5.28. The van der Waals surface area contributed by atoms with Crippen molar-refractivity contribution >= 4 is 0 Å². The zero-order valence-electron chi connectivity index (χ0n) is 13.0. The van der Waals surface area contributed by atoms with E-state index in [2.05, 4.69) is 43.4 Å². The smallest absolute Gasteiger partial charge is 0.0661 e. The van der Waals surface area contributed by atoms with Crippen LogP contribution in [0.5, 0.6) is 0 Å². The summed E-state index contributed by atoms with van der Waals surface area (Å²) in [5.74, 6) is 0.940. The second-order valence-electron chi connectivity index (χ2n) is 6.02. The summed E-state index contributed by atoms with van der Waals surface area (Å²) in [6.45, 7) is 7.15. The van der Waals surface area contributed by atoms with Crippen molar-refractivity contribution in [3.05, 3.63) is 35.4 Å². The molecule has 0 heterocycles. The van der Waals surface area contributed by atoms with Crippen LogP contribution in [0.25, 0.3) is 0 Å². The molecule has 0 bridgehead atoms. The van der Waals surface area contributed by atoms with E-state index in [-0.39, 0.29) is 0 Å². The second kappa shape index (κ2) is 8.43. The van der Waals surface area contributed by atoms with Crippen LogP contribution in [-0.2, 0) is 4.74 Å². The van der Waals surface area contributed by atoms with E-state index in [4.69, 9.17) is 4.74 Å². The third-order valence-electron chi connectivity index (χ3n) is 4.38. The van der Waals surface area contributed by atoms with E-state index in [0.717, 1.165) is 32.1 Å². The van der Waals surface area contributed by atoms with E-state index < -0.39 is 0 Å². The van der Waals surface area contributed by atoms with E-state index in [0.29, 0.717) is 6.04 Å². The lowest BCUT2D eigenvalue weighted by molar-refractivity contribution is 0.0887. The highest BCUT2D eigenvalue weighted by Crippen LogP contribution is 2.29. The van der Waals surface area contributed by atoms with Gasteiger partial charge >= 0.3 is 0 Å². The van der Waals surface area contributed by atoms with Gasteiger partial charge in [0.15, 0.2) is 0 Å². The minimum Gasteiger partial charge on any atom is -0.379 e. The number of ether oxygens (including phenoxy) is 1. The van der Waals surface area contributed by atoms with Crippen LogP contribution in [0.15, 0.2) is 24.3 Å². The number of nitrogens with one attached hydrogen (secondary N) is 1. The molecule has 0 aliphatic heterocycles.